The quantitative estimate of drug-likeness (QED) is 0.850. The van der Waals surface area contributed by atoms with E-state index in [4.69, 9.17) is 18.0 Å². The predicted octanol–water partition coefficient (Wildman–Crippen LogP) is 3.03. The van der Waals surface area contributed by atoms with E-state index in [1.165, 1.54) is 17.9 Å². The lowest BCUT2D eigenvalue weighted by molar-refractivity contribution is 0.630. The molecule has 3 N–H and O–H groups in total. The van der Waals surface area contributed by atoms with Gasteiger partial charge in [-0.05, 0) is 36.0 Å². The Morgan fingerprint density at radius 2 is 2.30 bits per heavy atom. The number of benzene rings is 1. The summed E-state index contributed by atoms with van der Waals surface area (Å²) < 4.78 is 0. The predicted molar refractivity (Wildman–Crippen MR) is 91.6 cm³/mol. The number of hydrogen-bond acceptors (Lipinski definition) is 4. The Kier molecular flexibility index (Phi) is 4.08. The van der Waals surface area contributed by atoms with Crippen LogP contribution in [0.25, 0.3) is 10.9 Å². The summed E-state index contributed by atoms with van der Waals surface area (Å²) in [5.41, 5.74) is 7.64. The second kappa shape index (κ2) is 5.97. The summed E-state index contributed by atoms with van der Waals surface area (Å²) in [7, 11) is 0. The van der Waals surface area contributed by atoms with Crippen molar-refractivity contribution in [1.82, 2.24) is 4.98 Å². The van der Waals surface area contributed by atoms with E-state index >= 15 is 0 Å². The Morgan fingerprint density at radius 3 is 3.05 bits per heavy atom. The normalized spacial score (nSPS) is 18.3. The highest BCUT2D eigenvalue weighted by Crippen LogP contribution is 2.25. The molecule has 1 aliphatic rings. The number of thiocarbonyl (C=S) groups is 1. The van der Waals surface area contributed by atoms with Crippen molar-refractivity contribution >= 4 is 45.7 Å². The van der Waals surface area contributed by atoms with Crippen molar-refractivity contribution in [2.24, 2.45) is 11.7 Å². The number of para-hydroxylation sites is 1. The first-order valence-corrected chi connectivity index (χ1v) is 8.31. The monoisotopic (exact) mass is 303 g/mol. The Balaban J connectivity index is 1.90. The molecule has 0 aliphatic carbocycles. The molecule has 1 aromatic heterocycles. The molecule has 0 amide bonds. The van der Waals surface area contributed by atoms with Crippen LogP contribution in [0.1, 0.15) is 12.0 Å². The fourth-order valence-corrected chi connectivity index (χ4v) is 3.86. The SMILES string of the molecule is NC(=S)c1cc2ccccc2nc1NCC1CCSC1. The van der Waals surface area contributed by atoms with Crippen LogP contribution < -0.4 is 11.1 Å². The standard InChI is InChI=1S/C15H17N3S2/c16-14(19)12-7-11-3-1-2-4-13(11)18-15(12)17-8-10-5-6-20-9-10/h1-4,7,10H,5-6,8-9H2,(H2,16,19)(H,17,18). The molecule has 1 saturated heterocycles. The zero-order valence-electron chi connectivity index (χ0n) is 11.1. The summed E-state index contributed by atoms with van der Waals surface area (Å²) >= 11 is 7.17. The number of aromatic nitrogens is 1. The van der Waals surface area contributed by atoms with Crippen molar-refractivity contribution in [2.45, 2.75) is 6.42 Å². The third-order valence-electron chi connectivity index (χ3n) is 3.57. The summed E-state index contributed by atoms with van der Waals surface area (Å²) in [6, 6.07) is 10.1. The zero-order valence-corrected chi connectivity index (χ0v) is 12.8. The van der Waals surface area contributed by atoms with Gasteiger partial charge in [-0.3, -0.25) is 0 Å². The lowest BCUT2D eigenvalue weighted by Gasteiger charge is -2.14. The highest BCUT2D eigenvalue weighted by atomic mass is 32.2. The Labute approximate surface area is 128 Å². The van der Waals surface area contributed by atoms with E-state index in [2.05, 4.69) is 10.3 Å². The number of hydrogen-bond donors (Lipinski definition) is 2. The Hall–Kier alpha value is -1.33. The minimum absolute atomic E-state index is 0.395. The van der Waals surface area contributed by atoms with Gasteiger partial charge in [0.15, 0.2) is 0 Å². The molecule has 0 saturated carbocycles. The molecular formula is C15H17N3S2. The smallest absolute Gasteiger partial charge is 0.136 e. The van der Waals surface area contributed by atoms with E-state index in [9.17, 15) is 0 Å². The van der Waals surface area contributed by atoms with Crippen LogP contribution in [0.5, 0.6) is 0 Å². The zero-order chi connectivity index (χ0) is 13.9. The molecule has 104 valence electrons. The molecular weight excluding hydrogens is 286 g/mol. The van der Waals surface area contributed by atoms with E-state index < -0.39 is 0 Å². The van der Waals surface area contributed by atoms with Gasteiger partial charge in [0.2, 0.25) is 0 Å². The Bertz CT molecular complexity index is 636. The van der Waals surface area contributed by atoms with Gasteiger partial charge in [-0.25, -0.2) is 4.98 Å². The summed E-state index contributed by atoms with van der Waals surface area (Å²) in [5.74, 6) is 4.02. The number of rotatable bonds is 4. The molecule has 0 spiro atoms. The maximum absolute atomic E-state index is 5.84. The van der Waals surface area contributed by atoms with Crippen LogP contribution in [0.4, 0.5) is 5.82 Å². The van der Waals surface area contributed by atoms with Crippen LogP contribution in [0, 0.1) is 5.92 Å². The summed E-state index contributed by atoms with van der Waals surface area (Å²) in [5, 5.41) is 4.50. The molecule has 20 heavy (non-hydrogen) atoms. The minimum Gasteiger partial charge on any atom is -0.389 e. The van der Waals surface area contributed by atoms with Crippen LogP contribution in [0.15, 0.2) is 30.3 Å². The molecule has 1 aromatic carbocycles. The highest BCUT2D eigenvalue weighted by Gasteiger charge is 2.16. The number of thioether (sulfide) groups is 1. The Morgan fingerprint density at radius 1 is 1.45 bits per heavy atom. The van der Waals surface area contributed by atoms with Crippen molar-refractivity contribution in [1.29, 1.82) is 0 Å². The first-order chi connectivity index (χ1) is 9.74. The fraction of sp³-hybridized carbons (Fsp3) is 0.333. The number of nitrogens with one attached hydrogen (secondary N) is 1. The number of pyridine rings is 1. The first-order valence-electron chi connectivity index (χ1n) is 6.75. The van der Waals surface area contributed by atoms with Crippen molar-refractivity contribution in [2.75, 3.05) is 23.4 Å². The van der Waals surface area contributed by atoms with Gasteiger partial charge in [0.05, 0.1) is 11.1 Å². The molecule has 2 aromatic rings. The summed E-state index contributed by atoms with van der Waals surface area (Å²) in [4.78, 5) is 5.07. The number of nitrogens with two attached hydrogens (primary N) is 1. The topological polar surface area (TPSA) is 50.9 Å². The van der Waals surface area contributed by atoms with E-state index in [1.807, 2.05) is 42.1 Å². The average molecular weight is 303 g/mol. The van der Waals surface area contributed by atoms with Gasteiger partial charge in [0.25, 0.3) is 0 Å². The third-order valence-corrected chi connectivity index (χ3v) is 5.02. The van der Waals surface area contributed by atoms with Gasteiger partial charge >= 0.3 is 0 Å². The third kappa shape index (κ3) is 2.88. The number of anilines is 1. The van der Waals surface area contributed by atoms with Crippen molar-refractivity contribution in [3.05, 3.63) is 35.9 Å². The minimum atomic E-state index is 0.395. The maximum atomic E-state index is 5.84. The van der Waals surface area contributed by atoms with Crippen LogP contribution in [-0.4, -0.2) is 28.0 Å². The van der Waals surface area contributed by atoms with Crippen molar-refractivity contribution < 1.29 is 0 Å². The van der Waals surface area contributed by atoms with Crippen LogP contribution in [-0.2, 0) is 0 Å². The largest absolute Gasteiger partial charge is 0.389 e. The average Bonchev–Trinajstić information content (AvgIpc) is 2.97. The highest BCUT2D eigenvalue weighted by molar-refractivity contribution is 7.99. The molecule has 1 fully saturated rings. The molecule has 5 heteroatoms. The van der Waals surface area contributed by atoms with E-state index in [1.54, 1.807) is 0 Å². The van der Waals surface area contributed by atoms with E-state index in [0.29, 0.717) is 10.9 Å². The summed E-state index contributed by atoms with van der Waals surface area (Å²) in [6.45, 7) is 0.938. The van der Waals surface area contributed by atoms with Crippen LogP contribution >= 0.6 is 24.0 Å². The van der Waals surface area contributed by atoms with Gasteiger partial charge in [-0.2, -0.15) is 11.8 Å². The molecule has 3 rings (SSSR count). The first kappa shape index (κ1) is 13.6. The van der Waals surface area contributed by atoms with Gasteiger partial charge in [-0.15, -0.1) is 0 Å². The molecule has 0 bridgehead atoms. The van der Waals surface area contributed by atoms with Gasteiger partial charge in [-0.1, -0.05) is 30.4 Å². The van der Waals surface area contributed by atoms with E-state index in [0.717, 1.165) is 28.8 Å². The van der Waals surface area contributed by atoms with Crippen molar-refractivity contribution in [3.8, 4) is 0 Å². The van der Waals surface area contributed by atoms with Gasteiger partial charge in [0, 0.05) is 11.9 Å². The van der Waals surface area contributed by atoms with Crippen LogP contribution in [0.3, 0.4) is 0 Å². The van der Waals surface area contributed by atoms with Gasteiger partial charge < -0.3 is 11.1 Å². The molecule has 1 aliphatic heterocycles. The fourth-order valence-electron chi connectivity index (χ4n) is 2.42. The van der Waals surface area contributed by atoms with Gasteiger partial charge in [0.1, 0.15) is 10.8 Å². The number of nitrogens with zero attached hydrogens (tertiary/aromatic N) is 1. The maximum Gasteiger partial charge on any atom is 0.136 e. The lowest BCUT2D eigenvalue weighted by atomic mass is 10.1. The molecule has 1 atom stereocenters. The van der Waals surface area contributed by atoms with Crippen molar-refractivity contribution in [3.63, 3.8) is 0 Å². The molecule has 2 heterocycles. The van der Waals surface area contributed by atoms with E-state index in [-0.39, 0.29) is 0 Å². The number of fused-ring (bicyclic) bond motifs is 1. The lowest BCUT2D eigenvalue weighted by Crippen LogP contribution is -2.19. The molecule has 1 unspecified atom stereocenters. The second-order valence-electron chi connectivity index (χ2n) is 5.05. The van der Waals surface area contributed by atoms with Crippen LogP contribution in [0.2, 0.25) is 0 Å². The molecule has 0 radical (unpaired) electrons. The summed E-state index contributed by atoms with van der Waals surface area (Å²) in [6.07, 6.45) is 1.27. The molecule has 3 nitrogen and oxygen atoms in total. The second-order valence-corrected chi connectivity index (χ2v) is 6.64.